The van der Waals surface area contributed by atoms with Crippen LogP contribution in [0.5, 0.6) is 5.75 Å². The van der Waals surface area contributed by atoms with E-state index in [0.717, 1.165) is 50.8 Å². The SMILES string of the molecule is CN(C)C(=O)Cn1cc(C(=O)N2CCC3(CCCCc4ccccc4OC[C@@H]4CCCN4C3=O)CC2)ccc1=O. The van der Waals surface area contributed by atoms with Crippen molar-refractivity contribution >= 4 is 17.7 Å². The number of ether oxygens (including phenoxy) is 1. The predicted molar refractivity (Wildman–Crippen MR) is 151 cm³/mol. The Morgan fingerprint density at radius 2 is 1.75 bits per heavy atom. The molecule has 0 N–H and O–H groups in total. The van der Waals surface area contributed by atoms with Crippen molar-refractivity contribution in [1.82, 2.24) is 19.3 Å². The summed E-state index contributed by atoms with van der Waals surface area (Å²) in [6.45, 7) is 2.12. The first-order chi connectivity index (χ1) is 19.3. The Labute approximate surface area is 235 Å². The molecule has 1 atom stereocenters. The predicted octanol–water partition coefficient (Wildman–Crippen LogP) is 2.96. The largest absolute Gasteiger partial charge is 0.491 e. The van der Waals surface area contributed by atoms with E-state index >= 15 is 0 Å². The fourth-order valence-electron chi connectivity index (χ4n) is 6.36. The van der Waals surface area contributed by atoms with Crippen LogP contribution in [0.2, 0.25) is 0 Å². The molecule has 0 radical (unpaired) electrons. The van der Waals surface area contributed by atoms with E-state index < -0.39 is 5.41 Å². The lowest BCUT2D eigenvalue weighted by Gasteiger charge is -2.44. The Morgan fingerprint density at radius 3 is 2.52 bits per heavy atom. The van der Waals surface area contributed by atoms with Gasteiger partial charge in [0.05, 0.1) is 17.0 Å². The molecule has 1 aromatic heterocycles. The highest BCUT2D eigenvalue weighted by Gasteiger charge is 2.46. The van der Waals surface area contributed by atoms with Crippen molar-refractivity contribution in [3.63, 3.8) is 0 Å². The lowest BCUT2D eigenvalue weighted by molar-refractivity contribution is -0.147. The van der Waals surface area contributed by atoms with Crippen LogP contribution < -0.4 is 10.3 Å². The van der Waals surface area contributed by atoms with E-state index in [0.29, 0.717) is 38.1 Å². The third-order valence-corrected chi connectivity index (χ3v) is 8.89. The van der Waals surface area contributed by atoms with Crippen molar-refractivity contribution in [2.75, 3.05) is 40.3 Å². The molecule has 5 rings (SSSR count). The number of carbonyl (C=O) groups is 3. The van der Waals surface area contributed by atoms with Crippen molar-refractivity contribution < 1.29 is 19.1 Å². The van der Waals surface area contributed by atoms with E-state index in [4.69, 9.17) is 4.74 Å². The molecular formula is C31H40N4O5. The average Bonchev–Trinajstić information content (AvgIpc) is 3.43. The summed E-state index contributed by atoms with van der Waals surface area (Å²) in [5, 5.41) is 0. The number of pyridine rings is 1. The van der Waals surface area contributed by atoms with Gasteiger partial charge in [0.15, 0.2) is 0 Å². The summed E-state index contributed by atoms with van der Waals surface area (Å²) in [6, 6.07) is 11.2. The highest BCUT2D eigenvalue weighted by Crippen LogP contribution is 2.41. The third kappa shape index (κ3) is 5.78. The first-order valence-corrected chi connectivity index (χ1v) is 14.5. The quantitative estimate of drug-likeness (QED) is 0.588. The molecule has 40 heavy (non-hydrogen) atoms. The van der Waals surface area contributed by atoms with Gasteiger partial charge in [0, 0.05) is 46.0 Å². The van der Waals surface area contributed by atoms with Gasteiger partial charge in [-0.05, 0) is 62.6 Å². The minimum atomic E-state index is -0.477. The summed E-state index contributed by atoms with van der Waals surface area (Å²) in [7, 11) is 3.26. The highest BCUT2D eigenvalue weighted by atomic mass is 16.5. The molecule has 1 aromatic carbocycles. The van der Waals surface area contributed by atoms with Crippen molar-refractivity contribution in [1.29, 1.82) is 0 Å². The zero-order chi connectivity index (χ0) is 28.3. The van der Waals surface area contributed by atoms with Crippen LogP contribution in [-0.2, 0) is 22.6 Å². The van der Waals surface area contributed by atoms with Gasteiger partial charge in [0.25, 0.3) is 11.5 Å². The Kier molecular flexibility index (Phi) is 8.28. The molecule has 3 amide bonds. The lowest BCUT2D eigenvalue weighted by atomic mass is 9.72. The Hall–Kier alpha value is -3.62. The van der Waals surface area contributed by atoms with Crippen molar-refractivity contribution in [3.05, 3.63) is 64.1 Å². The smallest absolute Gasteiger partial charge is 0.255 e. The number of likely N-dealkylation sites (tertiary alicyclic amines) is 1. The van der Waals surface area contributed by atoms with Gasteiger partial charge in [-0.2, -0.15) is 0 Å². The summed E-state index contributed by atoms with van der Waals surface area (Å²) < 4.78 is 7.54. The summed E-state index contributed by atoms with van der Waals surface area (Å²) >= 11 is 0. The summed E-state index contributed by atoms with van der Waals surface area (Å²) in [4.78, 5) is 57.3. The van der Waals surface area contributed by atoms with Gasteiger partial charge in [-0.1, -0.05) is 24.6 Å². The second-order valence-electron chi connectivity index (χ2n) is 11.7. The minimum Gasteiger partial charge on any atom is -0.491 e. The van der Waals surface area contributed by atoms with Crippen LogP contribution in [0.15, 0.2) is 47.4 Å². The molecule has 9 heteroatoms. The molecule has 2 aromatic rings. The van der Waals surface area contributed by atoms with Crippen LogP contribution in [0.25, 0.3) is 0 Å². The van der Waals surface area contributed by atoms with Crippen LogP contribution in [-0.4, -0.2) is 83.4 Å². The Morgan fingerprint density at radius 1 is 0.975 bits per heavy atom. The molecule has 0 aliphatic carbocycles. The molecule has 0 saturated carbocycles. The molecule has 1 spiro atoms. The standard InChI is InChI=1S/C31H40N4O5/c1-32(2)28(37)21-34-20-24(12-13-27(34)36)29(38)33-18-15-31(16-19-33)14-6-5-9-23-8-3-4-11-26(23)40-22-25-10-7-17-35(25)30(31)39/h3-4,8,11-13,20,25H,5-7,9-10,14-19,21-22H2,1-2H3/t25-/m0/s1. The number of benzene rings is 1. The number of hydrogen-bond acceptors (Lipinski definition) is 5. The maximum Gasteiger partial charge on any atom is 0.255 e. The highest BCUT2D eigenvalue weighted by molar-refractivity contribution is 5.94. The molecule has 3 aliphatic heterocycles. The van der Waals surface area contributed by atoms with Crippen molar-refractivity contribution in [2.24, 2.45) is 5.41 Å². The number of rotatable bonds is 3. The number of nitrogens with zero attached hydrogens (tertiary/aromatic N) is 4. The monoisotopic (exact) mass is 548 g/mol. The molecule has 2 fully saturated rings. The number of carbonyl (C=O) groups excluding carboxylic acids is 3. The lowest BCUT2D eigenvalue weighted by Crippen LogP contribution is -2.53. The molecular weight excluding hydrogens is 508 g/mol. The van der Waals surface area contributed by atoms with Crippen molar-refractivity contribution in [2.45, 2.75) is 64.0 Å². The summed E-state index contributed by atoms with van der Waals surface area (Å²) in [6.07, 6.45) is 8.31. The van der Waals surface area contributed by atoms with Gasteiger partial charge in [0.1, 0.15) is 18.9 Å². The first kappa shape index (κ1) is 27.9. The molecule has 2 saturated heterocycles. The van der Waals surface area contributed by atoms with E-state index in [2.05, 4.69) is 17.0 Å². The number of aryl methyl sites for hydroxylation is 1. The Balaban J connectivity index is 1.31. The van der Waals surface area contributed by atoms with E-state index in [1.165, 1.54) is 33.4 Å². The molecule has 0 unspecified atom stereocenters. The van der Waals surface area contributed by atoms with Gasteiger partial charge < -0.3 is 24.0 Å². The van der Waals surface area contributed by atoms with Gasteiger partial charge in [-0.3, -0.25) is 19.2 Å². The number of amides is 3. The van der Waals surface area contributed by atoms with Crippen LogP contribution in [0, 0.1) is 5.41 Å². The summed E-state index contributed by atoms with van der Waals surface area (Å²) in [5.74, 6) is 0.754. The van der Waals surface area contributed by atoms with E-state index in [1.807, 2.05) is 12.1 Å². The fraction of sp³-hybridized carbons (Fsp3) is 0.548. The fourth-order valence-corrected chi connectivity index (χ4v) is 6.36. The van der Waals surface area contributed by atoms with Crippen LogP contribution in [0.4, 0.5) is 0 Å². The molecule has 3 aliphatic rings. The van der Waals surface area contributed by atoms with Crippen LogP contribution in [0.3, 0.4) is 0 Å². The molecule has 0 bridgehead atoms. The number of likely N-dealkylation sites (N-methyl/N-ethyl adjacent to an activating group) is 1. The molecule has 4 heterocycles. The number of para-hydroxylation sites is 1. The molecule has 9 nitrogen and oxygen atoms in total. The first-order valence-electron chi connectivity index (χ1n) is 14.5. The number of piperidine rings is 1. The zero-order valence-corrected chi connectivity index (χ0v) is 23.6. The number of fused-ring (bicyclic) bond motifs is 2. The van der Waals surface area contributed by atoms with Gasteiger partial charge in [-0.25, -0.2) is 0 Å². The summed E-state index contributed by atoms with van der Waals surface area (Å²) in [5.41, 5.74) is 0.800. The second-order valence-corrected chi connectivity index (χ2v) is 11.7. The van der Waals surface area contributed by atoms with E-state index in [1.54, 1.807) is 19.0 Å². The average molecular weight is 549 g/mol. The minimum absolute atomic E-state index is 0.0717. The van der Waals surface area contributed by atoms with Crippen LogP contribution >= 0.6 is 0 Å². The van der Waals surface area contributed by atoms with E-state index in [9.17, 15) is 19.2 Å². The van der Waals surface area contributed by atoms with Gasteiger partial charge >= 0.3 is 0 Å². The number of aromatic nitrogens is 1. The topological polar surface area (TPSA) is 92.2 Å². The van der Waals surface area contributed by atoms with E-state index in [-0.39, 0.29) is 35.9 Å². The maximum absolute atomic E-state index is 14.1. The maximum atomic E-state index is 14.1. The van der Waals surface area contributed by atoms with Crippen LogP contribution in [0.1, 0.15) is 60.9 Å². The molecule has 214 valence electrons. The normalized spacial score (nSPS) is 21.1. The van der Waals surface area contributed by atoms with Crippen molar-refractivity contribution in [3.8, 4) is 5.75 Å². The number of hydrogen-bond donors (Lipinski definition) is 0. The zero-order valence-electron chi connectivity index (χ0n) is 23.6. The second kappa shape index (κ2) is 11.9. The third-order valence-electron chi connectivity index (χ3n) is 8.89. The van der Waals surface area contributed by atoms with Gasteiger partial charge in [0.2, 0.25) is 11.8 Å². The van der Waals surface area contributed by atoms with Gasteiger partial charge in [-0.15, -0.1) is 0 Å². The Bertz CT molecular complexity index is 1310.